The van der Waals surface area contributed by atoms with Crippen molar-refractivity contribution in [2.24, 2.45) is 7.05 Å². The van der Waals surface area contributed by atoms with Crippen LogP contribution in [0, 0.1) is 0 Å². The summed E-state index contributed by atoms with van der Waals surface area (Å²) in [5, 5.41) is 8.09. The van der Waals surface area contributed by atoms with Gasteiger partial charge in [0.2, 0.25) is 0 Å². The largest absolute Gasteiger partial charge is 0.454 e. The molecule has 0 unspecified atom stereocenters. The van der Waals surface area contributed by atoms with E-state index in [2.05, 4.69) is 17.3 Å². The number of hydrogen-bond acceptors (Lipinski definition) is 3. The van der Waals surface area contributed by atoms with Gasteiger partial charge >= 0.3 is 0 Å². The van der Waals surface area contributed by atoms with E-state index in [1.54, 1.807) is 10.9 Å². The number of aryl methyl sites for hydroxylation is 1. The average Bonchev–Trinajstić information content (AvgIpc) is 2.78. The Bertz CT molecular complexity index is 539. The molecule has 0 aliphatic heterocycles. The van der Waals surface area contributed by atoms with E-state index in [1.807, 2.05) is 31.4 Å². The van der Waals surface area contributed by atoms with Crippen molar-refractivity contribution in [2.45, 2.75) is 19.9 Å². The highest BCUT2D eigenvalue weighted by molar-refractivity contribution is 6.31. The van der Waals surface area contributed by atoms with Gasteiger partial charge in [0.25, 0.3) is 0 Å². The Kier molecular flexibility index (Phi) is 4.82. The second-order valence-corrected chi connectivity index (χ2v) is 4.79. The third-order valence-electron chi connectivity index (χ3n) is 2.68. The van der Waals surface area contributed by atoms with Crippen molar-refractivity contribution in [1.29, 1.82) is 0 Å². The van der Waals surface area contributed by atoms with Crippen molar-refractivity contribution < 1.29 is 4.74 Å². The lowest BCUT2D eigenvalue weighted by atomic mass is 10.2. The Morgan fingerprint density at radius 2 is 2.21 bits per heavy atom. The molecule has 0 aliphatic carbocycles. The lowest BCUT2D eigenvalue weighted by Gasteiger charge is -2.08. The van der Waals surface area contributed by atoms with Gasteiger partial charge < -0.3 is 10.1 Å². The highest BCUT2D eigenvalue weighted by atomic mass is 35.5. The second-order valence-electron chi connectivity index (χ2n) is 4.38. The number of halogens is 1. The van der Waals surface area contributed by atoms with Gasteiger partial charge in [-0.1, -0.05) is 24.6 Å². The van der Waals surface area contributed by atoms with Crippen molar-refractivity contribution >= 4 is 11.6 Å². The molecule has 2 rings (SSSR count). The van der Waals surface area contributed by atoms with Gasteiger partial charge in [0, 0.05) is 18.6 Å². The zero-order valence-corrected chi connectivity index (χ0v) is 11.9. The Labute approximate surface area is 118 Å². The molecule has 19 heavy (non-hydrogen) atoms. The maximum atomic E-state index is 6.24. The number of benzene rings is 1. The maximum Gasteiger partial charge on any atom is 0.165 e. The van der Waals surface area contributed by atoms with Gasteiger partial charge in [0.05, 0.1) is 12.4 Å². The van der Waals surface area contributed by atoms with E-state index >= 15 is 0 Å². The number of aromatic nitrogens is 2. The zero-order valence-electron chi connectivity index (χ0n) is 11.2. The van der Waals surface area contributed by atoms with E-state index in [1.165, 1.54) is 0 Å². The standard InChI is InChI=1S/C14H18ClN3O/c1-3-6-16-8-11-4-5-12(7-14(11)15)19-13-9-17-18(2)10-13/h4-5,7,9-10,16H,3,6,8H2,1-2H3. The van der Waals surface area contributed by atoms with Crippen LogP contribution in [-0.2, 0) is 13.6 Å². The van der Waals surface area contributed by atoms with Crippen LogP contribution < -0.4 is 10.1 Å². The van der Waals surface area contributed by atoms with E-state index in [9.17, 15) is 0 Å². The normalized spacial score (nSPS) is 10.7. The van der Waals surface area contributed by atoms with E-state index in [0.29, 0.717) is 10.8 Å². The SMILES string of the molecule is CCCNCc1ccc(Oc2cnn(C)c2)cc1Cl. The molecule has 1 N–H and O–H groups in total. The molecule has 1 aromatic heterocycles. The van der Waals surface area contributed by atoms with Crippen LogP contribution in [0.2, 0.25) is 5.02 Å². The molecule has 0 radical (unpaired) electrons. The summed E-state index contributed by atoms with van der Waals surface area (Å²) >= 11 is 6.24. The Balaban J connectivity index is 2.01. The molecule has 4 nitrogen and oxygen atoms in total. The lowest BCUT2D eigenvalue weighted by Crippen LogP contribution is -2.13. The van der Waals surface area contributed by atoms with Crippen molar-refractivity contribution in [3.63, 3.8) is 0 Å². The van der Waals surface area contributed by atoms with Crippen LogP contribution >= 0.6 is 11.6 Å². The second kappa shape index (κ2) is 6.59. The van der Waals surface area contributed by atoms with Crippen LogP contribution in [0.15, 0.2) is 30.6 Å². The number of nitrogens with zero attached hydrogens (tertiary/aromatic N) is 2. The number of ether oxygens (including phenoxy) is 1. The molecule has 0 aliphatic rings. The summed E-state index contributed by atoms with van der Waals surface area (Å²) in [5.41, 5.74) is 1.08. The Morgan fingerprint density at radius 3 is 2.84 bits per heavy atom. The van der Waals surface area contributed by atoms with E-state index in [0.717, 1.165) is 30.8 Å². The number of rotatable bonds is 6. The van der Waals surface area contributed by atoms with Crippen LogP contribution in [0.5, 0.6) is 11.5 Å². The molecule has 1 heterocycles. The minimum absolute atomic E-state index is 0.704. The fourth-order valence-corrected chi connectivity index (χ4v) is 1.96. The smallest absolute Gasteiger partial charge is 0.165 e. The van der Waals surface area contributed by atoms with Crippen LogP contribution in [-0.4, -0.2) is 16.3 Å². The molecule has 0 saturated heterocycles. The highest BCUT2D eigenvalue weighted by Gasteiger charge is 2.04. The van der Waals surface area contributed by atoms with E-state index < -0.39 is 0 Å². The van der Waals surface area contributed by atoms with Gasteiger partial charge in [-0.25, -0.2) is 0 Å². The molecule has 0 saturated carbocycles. The van der Waals surface area contributed by atoms with Crippen LogP contribution in [0.4, 0.5) is 0 Å². The van der Waals surface area contributed by atoms with Gasteiger partial charge in [-0.15, -0.1) is 0 Å². The molecule has 2 aromatic rings. The summed E-state index contributed by atoms with van der Waals surface area (Å²) < 4.78 is 7.37. The third kappa shape index (κ3) is 3.98. The molecule has 0 amide bonds. The third-order valence-corrected chi connectivity index (χ3v) is 3.04. The maximum absolute atomic E-state index is 6.24. The first-order chi connectivity index (χ1) is 9.19. The summed E-state index contributed by atoms with van der Waals surface area (Å²) in [4.78, 5) is 0. The predicted molar refractivity (Wildman–Crippen MR) is 76.7 cm³/mol. The van der Waals surface area contributed by atoms with Crippen molar-refractivity contribution in [3.05, 3.63) is 41.2 Å². The lowest BCUT2D eigenvalue weighted by molar-refractivity contribution is 0.481. The Hall–Kier alpha value is -1.52. The minimum atomic E-state index is 0.704. The average molecular weight is 280 g/mol. The van der Waals surface area contributed by atoms with Crippen molar-refractivity contribution in [1.82, 2.24) is 15.1 Å². The molecule has 102 valence electrons. The summed E-state index contributed by atoms with van der Waals surface area (Å²) in [7, 11) is 1.85. The summed E-state index contributed by atoms with van der Waals surface area (Å²) in [6.45, 7) is 3.91. The van der Waals surface area contributed by atoms with Gasteiger partial charge in [0.15, 0.2) is 5.75 Å². The number of hydrogen-bond donors (Lipinski definition) is 1. The van der Waals surface area contributed by atoms with Crippen LogP contribution in [0.1, 0.15) is 18.9 Å². The first-order valence-corrected chi connectivity index (χ1v) is 6.72. The summed E-state index contributed by atoms with van der Waals surface area (Å²) in [5.74, 6) is 1.42. The highest BCUT2D eigenvalue weighted by Crippen LogP contribution is 2.26. The van der Waals surface area contributed by atoms with Gasteiger partial charge in [0.1, 0.15) is 5.75 Å². The monoisotopic (exact) mass is 279 g/mol. The fourth-order valence-electron chi connectivity index (χ4n) is 1.72. The zero-order chi connectivity index (χ0) is 13.7. The van der Waals surface area contributed by atoms with Gasteiger partial charge in [-0.2, -0.15) is 5.10 Å². The molecule has 5 heteroatoms. The number of nitrogens with one attached hydrogen (secondary N) is 1. The van der Waals surface area contributed by atoms with E-state index in [-0.39, 0.29) is 0 Å². The predicted octanol–water partition coefficient (Wildman–Crippen LogP) is 3.37. The molecule has 0 spiro atoms. The molecule has 1 aromatic carbocycles. The molecular weight excluding hydrogens is 262 g/mol. The first kappa shape index (κ1) is 13.9. The Morgan fingerprint density at radius 1 is 1.37 bits per heavy atom. The minimum Gasteiger partial charge on any atom is -0.454 e. The summed E-state index contributed by atoms with van der Waals surface area (Å²) in [6.07, 6.45) is 4.59. The quantitative estimate of drug-likeness (QED) is 0.824. The fraction of sp³-hybridized carbons (Fsp3) is 0.357. The topological polar surface area (TPSA) is 39.1 Å². The summed E-state index contributed by atoms with van der Waals surface area (Å²) in [6, 6.07) is 5.73. The van der Waals surface area contributed by atoms with Crippen LogP contribution in [0.3, 0.4) is 0 Å². The first-order valence-electron chi connectivity index (χ1n) is 6.34. The molecule has 0 fully saturated rings. The molecule has 0 bridgehead atoms. The van der Waals surface area contributed by atoms with E-state index in [4.69, 9.17) is 16.3 Å². The van der Waals surface area contributed by atoms with Gasteiger partial charge in [-0.3, -0.25) is 4.68 Å². The van der Waals surface area contributed by atoms with Gasteiger partial charge in [-0.05, 0) is 30.7 Å². The van der Waals surface area contributed by atoms with Crippen molar-refractivity contribution in [3.8, 4) is 11.5 Å². The molecule has 0 atom stereocenters. The van der Waals surface area contributed by atoms with Crippen LogP contribution in [0.25, 0.3) is 0 Å². The molecular formula is C14H18ClN3O. The van der Waals surface area contributed by atoms with Crippen molar-refractivity contribution in [2.75, 3.05) is 6.54 Å².